The summed E-state index contributed by atoms with van der Waals surface area (Å²) >= 11 is 0. The Balaban J connectivity index is 1.46. The first-order valence-electron chi connectivity index (χ1n) is 10.2. The standard InChI is InChI=1S/C26H24N2O3/c29-25(30)19-31-24-13-11-20(12-14-24)15-16-28-18-23(17-27-28)26(21-7-3-1-4-8-21)22-9-5-2-6-10-22/h1-14,17-18,26H,15-16,19H2,(H,29,30). The molecule has 4 rings (SSSR count). The molecule has 3 aromatic carbocycles. The third kappa shape index (κ3) is 5.39. The van der Waals surface area contributed by atoms with E-state index in [2.05, 4.69) is 59.8 Å². The van der Waals surface area contributed by atoms with Gasteiger partial charge in [0.2, 0.25) is 0 Å². The molecular weight excluding hydrogens is 388 g/mol. The number of ether oxygens (including phenoxy) is 1. The Labute approximate surface area is 181 Å². The molecule has 0 bridgehead atoms. The fourth-order valence-corrected chi connectivity index (χ4v) is 3.66. The number of aromatic nitrogens is 2. The van der Waals surface area contributed by atoms with Crippen LogP contribution < -0.4 is 4.74 Å². The molecule has 0 aliphatic carbocycles. The molecule has 0 amide bonds. The first kappa shape index (κ1) is 20.4. The highest BCUT2D eigenvalue weighted by molar-refractivity contribution is 5.68. The molecule has 0 spiro atoms. The largest absolute Gasteiger partial charge is 0.482 e. The third-order valence-corrected chi connectivity index (χ3v) is 5.17. The molecule has 1 heterocycles. The summed E-state index contributed by atoms with van der Waals surface area (Å²) in [5.41, 5.74) is 4.78. The van der Waals surface area contributed by atoms with Gasteiger partial charge in [0.05, 0.1) is 6.20 Å². The highest BCUT2D eigenvalue weighted by atomic mass is 16.5. The van der Waals surface area contributed by atoms with Crippen LogP contribution in [0.4, 0.5) is 0 Å². The average molecular weight is 412 g/mol. The molecule has 0 saturated carbocycles. The summed E-state index contributed by atoms with van der Waals surface area (Å²) in [6.45, 7) is 0.422. The lowest BCUT2D eigenvalue weighted by Crippen LogP contribution is -2.09. The number of benzene rings is 3. The molecule has 5 nitrogen and oxygen atoms in total. The van der Waals surface area contributed by atoms with Crippen molar-refractivity contribution in [1.82, 2.24) is 9.78 Å². The van der Waals surface area contributed by atoms with Gasteiger partial charge in [-0.25, -0.2) is 4.79 Å². The van der Waals surface area contributed by atoms with Gasteiger partial charge >= 0.3 is 5.97 Å². The van der Waals surface area contributed by atoms with E-state index in [0.29, 0.717) is 5.75 Å². The van der Waals surface area contributed by atoms with Crippen LogP contribution in [-0.2, 0) is 17.8 Å². The van der Waals surface area contributed by atoms with Gasteiger partial charge in [0.1, 0.15) is 5.75 Å². The zero-order valence-electron chi connectivity index (χ0n) is 17.1. The lowest BCUT2D eigenvalue weighted by atomic mass is 9.87. The molecule has 156 valence electrons. The molecular formula is C26H24N2O3. The monoisotopic (exact) mass is 412 g/mol. The van der Waals surface area contributed by atoms with E-state index in [1.165, 1.54) is 11.1 Å². The van der Waals surface area contributed by atoms with Crippen LogP contribution in [-0.4, -0.2) is 27.5 Å². The molecule has 31 heavy (non-hydrogen) atoms. The Bertz CT molecular complexity index is 1070. The van der Waals surface area contributed by atoms with Crippen molar-refractivity contribution in [3.63, 3.8) is 0 Å². The van der Waals surface area contributed by atoms with Gasteiger partial charge in [-0.2, -0.15) is 5.10 Å². The fraction of sp³-hybridized carbons (Fsp3) is 0.154. The van der Waals surface area contributed by atoms with E-state index in [-0.39, 0.29) is 12.5 Å². The van der Waals surface area contributed by atoms with Crippen molar-refractivity contribution < 1.29 is 14.6 Å². The molecule has 0 unspecified atom stereocenters. The Morgan fingerprint density at radius 1 is 0.871 bits per heavy atom. The van der Waals surface area contributed by atoms with Crippen LogP contribution >= 0.6 is 0 Å². The van der Waals surface area contributed by atoms with Crippen molar-refractivity contribution in [2.75, 3.05) is 6.61 Å². The van der Waals surface area contributed by atoms with E-state index in [4.69, 9.17) is 9.84 Å². The van der Waals surface area contributed by atoms with Gasteiger partial charge in [0.25, 0.3) is 0 Å². The Morgan fingerprint density at radius 2 is 1.48 bits per heavy atom. The van der Waals surface area contributed by atoms with Crippen molar-refractivity contribution in [2.24, 2.45) is 0 Å². The van der Waals surface area contributed by atoms with E-state index in [1.54, 1.807) is 12.1 Å². The van der Waals surface area contributed by atoms with E-state index in [1.807, 2.05) is 35.1 Å². The SMILES string of the molecule is O=C(O)COc1ccc(CCn2cc(C(c3ccccc3)c3ccccc3)cn2)cc1. The lowest BCUT2D eigenvalue weighted by molar-refractivity contribution is -0.139. The summed E-state index contributed by atoms with van der Waals surface area (Å²) in [6, 6.07) is 28.5. The minimum Gasteiger partial charge on any atom is -0.482 e. The molecule has 0 fully saturated rings. The summed E-state index contributed by atoms with van der Waals surface area (Å²) in [7, 11) is 0. The number of aryl methyl sites for hydroxylation is 2. The molecule has 1 N–H and O–H groups in total. The predicted molar refractivity (Wildman–Crippen MR) is 119 cm³/mol. The lowest BCUT2D eigenvalue weighted by Gasteiger charge is -2.16. The number of carbonyl (C=O) groups is 1. The fourth-order valence-electron chi connectivity index (χ4n) is 3.66. The normalized spacial score (nSPS) is 10.9. The van der Waals surface area contributed by atoms with Crippen LogP contribution in [0.3, 0.4) is 0 Å². The van der Waals surface area contributed by atoms with Crippen molar-refractivity contribution in [3.8, 4) is 5.75 Å². The minimum atomic E-state index is -0.983. The zero-order valence-corrected chi connectivity index (χ0v) is 17.1. The molecule has 5 heteroatoms. The minimum absolute atomic E-state index is 0.141. The first-order valence-corrected chi connectivity index (χ1v) is 10.2. The van der Waals surface area contributed by atoms with E-state index in [0.717, 1.165) is 24.1 Å². The van der Waals surface area contributed by atoms with Gasteiger partial charge in [-0.1, -0.05) is 72.8 Å². The summed E-state index contributed by atoms with van der Waals surface area (Å²) in [4.78, 5) is 10.6. The second-order valence-electron chi connectivity index (χ2n) is 7.37. The second kappa shape index (κ2) is 9.76. The highest BCUT2D eigenvalue weighted by Crippen LogP contribution is 2.31. The maximum atomic E-state index is 10.6. The smallest absolute Gasteiger partial charge is 0.341 e. The van der Waals surface area contributed by atoms with E-state index >= 15 is 0 Å². The van der Waals surface area contributed by atoms with Gasteiger partial charge in [-0.3, -0.25) is 4.68 Å². The quantitative estimate of drug-likeness (QED) is 0.430. The topological polar surface area (TPSA) is 64.3 Å². The van der Waals surface area contributed by atoms with Gasteiger partial charge < -0.3 is 9.84 Å². The molecule has 0 aliphatic rings. The van der Waals surface area contributed by atoms with Crippen LogP contribution in [0.25, 0.3) is 0 Å². The van der Waals surface area contributed by atoms with Crippen LogP contribution in [0.15, 0.2) is 97.3 Å². The van der Waals surface area contributed by atoms with Crippen molar-refractivity contribution in [2.45, 2.75) is 18.9 Å². The van der Waals surface area contributed by atoms with Gasteiger partial charge in [-0.05, 0) is 35.2 Å². The number of aliphatic carboxylic acids is 1. The third-order valence-electron chi connectivity index (χ3n) is 5.17. The molecule has 4 aromatic rings. The van der Waals surface area contributed by atoms with E-state index in [9.17, 15) is 4.79 Å². The maximum Gasteiger partial charge on any atom is 0.341 e. The molecule has 0 aliphatic heterocycles. The molecule has 0 atom stereocenters. The van der Waals surface area contributed by atoms with Crippen LogP contribution in [0.1, 0.15) is 28.2 Å². The number of rotatable bonds is 9. The van der Waals surface area contributed by atoms with Gasteiger partial charge in [-0.15, -0.1) is 0 Å². The van der Waals surface area contributed by atoms with E-state index < -0.39 is 5.97 Å². The number of hydrogen-bond donors (Lipinski definition) is 1. The van der Waals surface area contributed by atoms with Crippen molar-refractivity contribution in [3.05, 3.63) is 120 Å². The maximum absolute atomic E-state index is 10.6. The summed E-state index contributed by atoms with van der Waals surface area (Å²) in [5.74, 6) is -0.286. The summed E-state index contributed by atoms with van der Waals surface area (Å²) < 4.78 is 7.16. The zero-order chi connectivity index (χ0) is 21.5. The van der Waals surface area contributed by atoms with Crippen LogP contribution in [0, 0.1) is 0 Å². The number of nitrogens with zero attached hydrogens (tertiary/aromatic N) is 2. The van der Waals surface area contributed by atoms with Crippen molar-refractivity contribution >= 4 is 5.97 Å². The van der Waals surface area contributed by atoms with Crippen LogP contribution in [0.5, 0.6) is 5.75 Å². The predicted octanol–water partition coefficient (Wildman–Crippen LogP) is 4.77. The summed E-state index contributed by atoms with van der Waals surface area (Å²) in [6.07, 6.45) is 4.89. The van der Waals surface area contributed by atoms with Crippen LogP contribution in [0.2, 0.25) is 0 Å². The number of hydrogen-bond acceptors (Lipinski definition) is 3. The van der Waals surface area contributed by atoms with Gasteiger partial charge in [0.15, 0.2) is 6.61 Å². The first-order chi connectivity index (χ1) is 15.2. The Hall–Kier alpha value is -3.86. The number of carboxylic acid groups (broad SMARTS) is 1. The Morgan fingerprint density at radius 3 is 2.06 bits per heavy atom. The molecule has 0 radical (unpaired) electrons. The average Bonchev–Trinajstić information content (AvgIpc) is 3.27. The second-order valence-corrected chi connectivity index (χ2v) is 7.37. The Kier molecular flexibility index (Phi) is 6.43. The number of carboxylic acids is 1. The van der Waals surface area contributed by atoms with Crippen molar-refractivity contribution in [1.29, 1.82) is 0 Å². The molecule has 1 aromatic heterocycles. The summed E-state index contributed by atoms with van der Waals surface area (Å²) in [5, 5.41) is 13.3. The molecule has 0 saturated heterocycles. The van der Waals surface area contributed by atoms with Gasteiger partial charge in [0, 0.05) is 24.2 Å². The highest BCUT2D eigenvalue weighted by Gasteiger charge is 2.18.